The normalized spacial score (nSPS) is 11.2. The van der Waals surface area contributed by atoms with Gasteiger partial charge in [0.05, 0.1) is 24.1 Å². The van der Waals surface area contributed by atoms with Crippen molar-refractivity contribution in [3.05, 3.63) is 59.0 Å². The number of aromatic nitrogens is 6. The van der Waals surface area contributed by atoms with Gasteiger partial charge < -0.3 is 14.6 Å². The lowest BCUT2D eigenvalue weighted by Gasteiger charge is -2.11. The molecule has 0 spiro atoms. The van der Waals surface area contributed by atoms with Crippen molar-refractivity contribution >= 4 is 56.3 Å². The highest BCUT2D eigenvalue weighted by molar-refractivity contribution is 7.17. The number of anilines is 3. The van der Waals surface area contributed by atoms with E-state index in [0.717, 1.165) is 28.5 Å². The molecule has 0 fully saturated rings. The Balaban J connectivity index is 1.44. The molecule has 5 aromatic rings. The summed E-state index contributed by atoms with van der Waals surface area (Å²) in [5, 5.41) is 8.13. The third-order valence-corrected chi connectivity index (χ3v) is 6.45. The van der Waals surface area contributed by atoms with Crippen molar-refractivity contribution in [3.63, 3.8) is 0 Å². The van der Waals surface area contributed by atoms with Crippen molar-refractivity contribution in [1.29, 1.82) is 0 Å². The average Bonchev–Trinajstić information content (AvgIpc) is 3.45. The second-order valence-corrected chi connectivity index (χ2v) is 8.77. The number of carbonyl (C=O) groups excluding carboxylic acids is 1. The van der Waals surface area contributed by atoms with Gasteiger partial charge in [-0.05, 0) is 38.5 Å². The van der Waals surface area contributed by atoms with E-state index < -0.39 is 0 Å². The number of nitrogens with one attached hydrogen (secondary N) is 2. The van der Waals surface area contributed by atoms with Crippen LogP contribution >= 0.6 is 11.3 Å². The quantitative estimate of drug-likeness (QED) is 0.300. The Hall–Kier alpha value is -4.12. The maximum Gasteiger partial charge on any atom is 0.350 e. The first-order valence-electron chi connectivity index (χ1n) is 11.3. The van der Waals surface area contributed by atoms with E-state index in [2.05, 4.69) is 36.6 Å². The Bertz CT molecular complexity index is 1530. The average molecular weight is 489 g/mol. The van der Waals surface area contributed by atoms with Crippen LogP contribution in [0.25, 0.3) is 22.1 Å². The lowest BCUT2D eigenvalue weighted by Crippen LogP contribution is -2.07. The lowest BCUT2D eigenvalue weighted by molar-refractivity contribution is 0.0531. The summed E-state index contributed by atoms with van der Waals surface area (Å²) >= 11 is 1.20. The van der Waals surface area contributed by atoms with Crippen molar-refractivity contribution in [1.82, 2.24) is 29.5 Å². The molecule has 178 valence electrons. The van der Waals surface area contributed by atoms with Crippen LogP contribution in [0, 0.1) is 6.92 Å². The summed E-state index contributed by atoms with van der Waals surface area (Å²) in [5.41, 5.74) is 3.95. The van der Waals surface area contributed by atoms with Gasteiger partial charge in [0.15, 0.2) is 16.6 Å². The first kappa shape index (κ1) is 22.7. The van der Waals surface area contributed by atoms with Crippen LogP contribution in [0.15, 0.2) is 42.9 Å². The van der Waals surface area contributed by atoms with Gasteiger partial charge in [-0.25, -0.2) is 14.8 Å². The number of benzene rings is 1. The van der Waals surface area contributed by atoms with Gasteiger partial charge >= 0.3 is 5.97 Å². The van der Waals surface area contributed by atoms with Crippen molar-refractivity contribution < 1.29 is 9.53 Å². The molecular formula is C24H24N8O2S. The third kappa shape index (κ3) is 4.62. The monoisotopic (exact) mass is 488 g/mol. The highest BCUT2D eigenvalue weighted by Crippen LogP contribution is 2.28. The summed E-state index contributed by atoms with van der Waals surface area (Å²) < 4.78 is 7.10. The summed E-state index contributed by atoms with van der Waals surface area (Å²) in [6.45, 7) is 7.15. The summed E-state index contributed by atoms with van der Waals surface area (Å²) in [4.78, 5) is 35.3. The number of fused-ring (bicyclic) bond motifs is 2. The number of thiazole rings is 1. The van der Waals surface area contributed by atoms with Crippen molar-refractivity contribution in [2.75, 3.05) is 17.2 Å². The number of esters is 1. The van der Waals surface area contributed by atoms with Gasteiger partial charge in [0.25, 0.3) is 0 Å². The Labute approximate surface area is 205 Å². The number of imidazole rings is 1. The summed E-state index contributed by atoms with van der Waals surface area (Å²) in [6, 6.07) is 10.1. The predicted molar refractivity (Wildman–Crippen MR) is 136 cm³/mol. The fourth-order valence-electron chi connectivity index (χ4n) is 3.73. The standard InChI is InChI=1S/C24H24N8O2S/c1-4-32-13-27-21-18(32)20(26-12-15-10-16-8-6-7-9-17(16)25-11-15)29-23(30-21)31-24-28-14(3)19(35-24)22(33)34-5-2/h6-11,13H,4-5,12H2,1-3H3,(H2,26,28,29,30,31). The lowest BCUT2D eigenvalue weighted by atomic mass is 10.1. The van der Waals surface area contributed by atoms with Crippen molar-refractivity contribution in [2.45, 2.75) is 33.9 Å². The summed E-state index contributed by atoms with van der Waals surface area (Å²) in [6.07, 6.45) is 3.61. The minimum absolute atomic E-state index is 0.306. The van der Waals surface area contributed by atoms with E-state index in [0.29, 0.717) is 46.3 Å². The zero-order valence-corrected chi connectivity index (χ0v) is 20.4. The van der Waals surface area contributed by atoms with Crippen molar-refractivity contribution in [3.8, 4) is 0 Å². The molecule has 5 rings (SSSR count). The number of ether oxygens (including phenoxy) is 1. The number of hydrogen-bond acceptors (Lipinski definition) is 10. The predicted octanol–water partition coefficient (Wildman–Crippen LogP) is 4.69. The SMILES string of the molecule is CCOC(=O)c1sc(Nc2nc(NCc3cnc4ccccc4c3)c3c(ncn3CC)n2)nc1C. The highest BCUT2D eigenvalue weighted by Gasteiger charge is 2.18. The van der Waals surface area contributed by atoms with Crippen LogP contribution in [-0.4, -0.2) is 42.1 Å². The number of pyridine rings is 1. The molecule has 0 aliphatic rings. The molecule has 0 saturated heterocycles. The van der Waals surface area contributed by atoms with Crippen LogP contribution in [0.1, 0.15) is 34.8 Å². The molecule has 0 amide bonds. The number of aryl methyl sites for hydroxylation is 2. The first-order chi connectivity index (χ1) is 17.1. The highest BCUT2D eigenvalue weighted by atomic mass is 32.1. The van der Waals surface area contributed by atoms with Crippen LogP contribution in [0.3, 0.4) is 0 Å². The zero-order valence-electron chi connectivity index (χ0n) is 19.6. The number of hydrogen-bond donors (Lipinski definition) is 2. The second kappa shape index (κ2) is 9.63. The molecular weight excluding hydrogens is 464 g/mol. The van der Waals surface area contributed by atoms with Crippen LogP contribution in [0.2, 0.25) is 0 Å². The van der Waals surface area contributed by atoms with Crippen LogP contribution < -0.4 is 10.6 Å². The second-order valence-electron chi connectivity index (χ2n) is 7.77. The van der Waals surface area contributed by atoms with Gasteiger partial charge in [0.2, 0.25) is 5.95 Å². The molecule has 35 heavy (non-hydrogen) atoms. The fourth-order valence-corrected chi connectivity index (χ4v) is 4.58. The molecule has 0 aliphatic carbocycles. The van der Waals surface area contributed by atoms with Gasteiger partial charge in [-0.15, -0.1) is 0 Å². The van der Waals surface area contributed by atoms with Gasteiger partial charge in [0.1, 0.15) is 10.4 Å². The van der Waals surface area contributed by atoms with Crippen LogP contribution in [0.4, 0.5) is 16.9 Å². The molecule has 2 N–H and O–H groups in total. The molecule has 11 heteroatoms. The largest absolute Gasteiger partial charge is 0.462 e. The molecule has 0 unspecified atom stereocenters. The molecule has 0 atom stereocenters. The van der Waals surface area contributed by atoms with Crippen LogP contribution in [0.5, 0.6) is 0 Å². The van der Waals surface area contributed by atoms with E-state index in [1.807, 2.05) is 42.0 Å². The first-order valence-corrected chi connectivity index (χ1v) is 12.1. The number of carbonyl (C=O) groups is 1. The smallest absolute Gasteiger partial charge is 0.350 e. The molecule has 1 aromatic carbocycles. The Morgan fingerprint density at radius 3 is 2.83 bits per heavy atom. The third-order valence-electron chi connectivity index (χ3n) is 5.40. The minimum Gasteiger partial charge on any atom is -0.462 e. The van der Waals surface area contributed by atoms with Crippen molar-refractivity contribution in [2.24, 2.45) is 0 Å². The summed E-state index contributed by atoms with van der Waals surface area (Å²) in [7, 11) is 0. The zero-order chi connectivity index (χ0) is 24.4. The van der Waals surface area contributed by atoms with E-state index in [9.17, 15) is 4.79 Å². The Kier molecular flexibility index (Phi) is 6.23. The molecule has 10 nitrogen and oxygen atoms in total. The van der Waals surface area contributed by atoms with E-state index in [4.69, 9.17) is 9.72 Å². The molecule has 0 bridgehead atoms. The van der Waals surface area contributed by atoms with Gasteiger partial charge in [0, 0.05) is 24.7 Å². The maximum absolute atomic E-state index is 12.2. The van der Waals surface area contributed by atoms with Crippen LogP contribution in [-0.2, 0) is 17.8 Å². The summed E-state index contributed by atoms with van der Waals surface area (Å²) in [5.74, 6) is 0.589. The minimum atomic E-state index is -0.389. The molecule has 0 aliphatic heterocycles. The number of para-hydroxylation sites is 1. The van der Waals surface area contributed by atoms with Gasteiger partial charge in [-0.1, -0.05) is 29.5 Å². The Morgan fingerprint density at radius 2 is 2.00 bits per heavy atom. The van der Waals surface area contributed by atoms with E-state index in [1.54, 1.807) is 20.2 Å². The van der Waals surface area contributed by atoms with E-state index in [1.165, 1.54) is 11.3 Å². The maximum atomic E-state index is 12.2. The van der Waals surface area contributed by atoms with E-state index >= 15 is 0 Å². The molecule has 4 aromatic heterocycles. The fraction of sp³-hybridized carbons (Fsp3) is 0.250. The topological polar surface area (TPSA) is 120 Å². The van der Waals surface area contributed by atoms with E-state index in [-0.39, 0.29) is 5.97 Å². The van der Waals surface area contributed by atoms with Gasteiger partial charge in [-0.2, -0.15) is 9.97 Å². The Morgan fingerprint density at radius 1 is 1.14 bits per heavy atom. The molecule has 0 saturated carbocycles. The number of rotatable bonds is 8. The number of nitrogens with zero attached hydrogens (tertiary/aromatic N) is 6. The molecule has 0 radical (unpaired) electrons. The molecule has 4 heterocycles. The van der Waals surface area contributed by atoms with Gasteiger partial charge in [-0.3, -0.25) is 10.3 Å².